The number of nitrogens with zero attached hydrogens (tertiary/aromatic N) is 1. The van der Waals surface area contributed by atoms with Gasteiger partial charge < -0.3 is 9.64 Å². The third-order valence-corrected chi connectivity index (χ3v) is 4.77. The molecular formula is C14H14ClNO2S. The summed E-state index contributed by atoms with van der Waals surface area (Å²) in [6.07, 6.45) is 2.18. The number of ether oxygens (including phenoxy) is 1. The Labute approximate surface area is 120 Å². The fourth-order valence-corrected chi connectivity index (χ4v) is 3.75. The Morgan fingerprint density at radius 2 is 2.11 bits per heavy atom. The largest absolute Gasteiger partial charge is 0.494 e. The number of likely N-dealkylation sites (tertiary alicyclic amines) is 1. The fourth-order valence-electron chi connectivity index (χ4n) is 2.45. The van der Waals surface area contributed by atoms with Gasteiger partial charge in [-0.25, -0.2) is 0 Å². The Morgan fingerprint density at radius 3 is 2.79 bits per heavy atom. The molecule has 19 heavy (non-hydrogen) atoms. The molecule has 0 saturated carbocycles. The number of carbonyl (C=O) groups excluding carboxylic acids is 1. The monoisotopic (exact) mass is 295 g/mol. The van der Waals surface area contributed by atoms with E-state index < -0.39 is 0 Å². The topological polar surface area (TPSA) is 29.5 Å². The van der Waals surface area contributed by atoms with Crippen molar-refractivity contribution in [3.05, 3.63) is 28.1 Å². The lowest BCUT2D eigenvalue weighted by molar-refractivity contribution is 0.0795. The summed E-state index contributed by atoms with van der Waals surface area (Å²) in [4.78, 5) is 15.1. The second-order valence-corrected chi connectivity index (χ2v) is 6.09. The van der Waals surface area contributed by atoms with Gasteiger partial charge in [-0.15, -0.1) is 11.3 Å². The summed E-state index contributed by atoms with van der Waals surface area (Å²) < 4.78 is 6.47. The number of hydrogen-bond donors (Lipinski definition) is 0. The van der Waals surface area contributed by atoms with E-state index in [2.05, 4.69) is 0 Å². The van der Waals surface area contributed by atoms with Crippen molar-refractivity contribution in [2.45, 2.75) is 12.8 Å². The van der Waals surface area contributed by atoms with Crippen molar-refractivity contribution in [1.29, 1.82) is 0 Å². The molecule has 3 rings (SSSR count). The SMILES string of the molecule is COc1c(C(=O)N2CCCC2)sc2ccc(Cl)cc12. The van der Waals surface area contributed by atoms with E-state index in [4.69, 9.17) is 16.3 Å². The minimum absolute atomic E-state index is 0.0756. The highest BCUT2D eigenvalue weighted by molar-refractivity contribution is 7.21. The summed E-state index contributed by atoms with van der Waals surface area (Å²) in [6, 6.07) is 5.63. The standard InChI is InChI=1S/C14H14ClNO2S/c1-18-12-10-8-9(15)4-5-11(10)19-13(12)14(17)16-6-2-3-7-16/h4-5,8H,2-3,6-7H2,1H3. The first-order valence-electron chi connectivity index (χ1n) is 6.26. The van der Waals surface area contributed by atoms with Crippen molar-refractivity contribution in [3.8, 4) is 5.75 Å². The lowest BCUT2D eigenvalue weighted by atomic mass is 10.2. The van der Waals surface area contributed by atoms with Gasteiger partial charge in [-0.05, 0) is 31.0 Å². The van der Waals surface area contributed by atoms with Gasteiger partial charge in [-0.3, -0.25) is 4.79 Å². The van der Waals surface area contributed by atoms with Gasteiger partial charge >= 0.3 is 0 Å². The van der Waals surface area contributed by atoms with Gasteiger partial charge in [-0.2, -0.15) is 0 Å². The highest BCUT2D eigenvalue weighted by atomic mass is 35.5. The maximum absolute atomic E-state index is 12.5. The summed E-state index contributed by atoms with van der Waals surface area (Å²) in [5, 5.41) is 1.58. The van der Waals surface area contributed by atoms with Crippen LogP contribution in [-0.4, -0.2) is 31.0 Å². The van der Waals surface area contributed by atoms with E-state index in [0.29, 0.717) is 15.6 Å². The van der Waals surface area contributed by atoms with E-state index in [1.165, 1.54) is 11.3 Å². The molecule has 0 unspecified atom stereocenters. The smallest absolute Gasteiger partial charge is 0.267 e. The number of thiophene rings is 1. The molecule has 1 aromatic carbocycles. The van der Waals surface area contributed by atoms with Gasteiger partial charge in [0.25, 0.3) is 5.91 Å². The van der Waals surface area contributed by atoms with Crippen LogP contribution in [0.15, 0.2) is 18.2 Å². The number of halogens is 1. The molecule has 0 spiro atoms. The number of methoxy groups -OCH3 is 1. The molecule has 0 N–H and O–H groups in total. The van der Waals surface area contributed by atoms with Gasteiger partial charge in [0.15, 0.2) is 0 Å². The molecule has 0 bridgehead atoms. The van der Waals surface area contributed by atoms with Crippen LogP contribution < -0.4 is 4.74 Å². The van der Waals surface area contributed by atoms with Crippen LogP contribution >= 0.6 is 22.9 Å². The normalized spacial score (nSPS) is 15.2. The van der Waals surface area contributed by atoms with Crippen LogP contribution in [-0.2, 0) is 0 Å². The molecule has 3 nitrogen and oxygen atoms in total. The maximum Gasteiger partial charge on any atom is 0.267 e. The molecule has 100 valence electrons. The lowest BCUT2D eigenvalue weighted by Crippen LogP contribution is -2.27. The van der Waals surface area contributed by atoms with Crippen LogP contribution in [0.5, 0.6) is 5.75 Å². The number of hydrogen-bond acceptors (Lipinski definition) is 3. The zero-order chi connectivity index (χ0) is 13.4. The third-order valence-electron chi connectivity index (χ3n) is 3.40. The van der Waals surface area contributed by atoms with Crippen LogP contribution in [0, 0.1) is 0 Å². The first kappa shape index (κ1) is 12.8. The van der Waals surface area contributed by atoms with Gasteiger partial charge in [0, 0.05) is 28.2 Å². The first-order valence-corrected chi connectivity index (χ1v) is 7.45. The molecular weight excluding hydrogens is 282 g/mol. The minimum Gasteiger partial charge on any atom is -0.494 e. The molecule has 2 heterocycles. The van der Waals surface area contributed by atoms with Gasteiger partial charge in [-0.1, -0.05) is 11.6 Å². The Kier molecular flexibility index (Phi) is 3.37. The predicted molar refractivity (Wildman–Crippen MR) is 78.5 cm³/mol. The summed E-state index contributed by atoms with van der Waals surface area (Å²) in [5.74, 6) is 0.728. The van der Waals surface area contributed by atoms with Crippen molar-refractivity contribution < 1.29 is 9.53 Å². The number of fused-ring (bicyclic) bond motifs is 1. The molecule has 1 fully saturated rings. The van der Waals surface area contributed by atoms with E-state index in [0.717, 1.165) is 36.0 Å². The molecule has 1 aliphatic heterocycles. The van der Waals surface area contributed by atoms with Crippen molar-refractivity contribution in [2.75, 3.05) is 20.2 Å². The van der Waals surface area contributed by atoms with E-state index in [1.807, 2.05) is 23.1 Å². The van der Waals surface area contributed by atoms with Crippen molar-refractivity contribution in [2.24, 2.45) is 0 Å². The van der Waals surface area contributed by atoms with Crippen molar-refractivity contribution in [3.63, 3.8) is 0 Å². The zero-order valence-corrected chi connectivity index (χ0v) is 12.2. The Balaban J connectivity index is 2.09. The average molecular weight is 296 g/mol. The molecule has 0 atom stereocenters. The Morgan fingerprint density at radius 1 is 1.37 bits per heavy atom. The van der Waals surface area contributed by atoms with Crippen molar-refractivity contribution >= 4 is 38.9 Å². The summed E-state index contributed by atoms with van der Waals surface area (Å²) in [6.45, 7) is 1.69. The van der Waals surface area contributed by atoms with Crippen LogP contribution in [0.25, 0.3) is 10.1 Å². The number of amides is 1. The first-order chi connectivity index (χ1) is 9.20. The second-order valence-electron chi connectivity index (χ2n) is 4.60. The van der Waals surface area contributed by atoms with Gasteiger partial charge in [0.05, 0.1) is 7.11 Å². The lowest BCUT2D eigenvalue weighted by Gasteiger charge is -2.14. The van der Waals surface area contributed by atoms with E-state index in [9.17, 15) is 4.79 Å². The van der Waals surface area contributed by atoms with Crippen LogP contribution in [0.2, 0.25) is 5.02 Å². The molecule has 0 aliphatic carbocycles. The fraction of sp³-hybridized carbons (Fsp3) is 0.357. The second kappa shape index (κ2) is 5.02. The highest BCUT2D eigenvalue weighted by Gasteiger charge is 2.26. The van der Waals surface area contributed by atoms with Gasteiger partial charge in [0.1, 0.15) is 10.6 Å². The quantitative estimate of drug-likeness (QED) is 0.843. The molecule has 1 aliphatic rings. The van der Waals surface area contributed by atoms with E-state index in [1.54, 1.807) is 7.11 Å². The van der Waals surface area contributed by atoms with Crippen LogP contribution in [0.4, 0.5) is 0 Å². The summed E-state index contributed by atoms with van der Waals surface area (Å²) >= 11 is 7.49. The number of rotatable bonds is 2. The third kappa shape index (κ3) is 2.19. The predicted octanol–water partition coefficient (Wildman–Crippen LogP) is 3.80. The molecule has 5 heteroatoms. The Hall–Kier alpha value is -1.26. The Bertz CT molecular complexity index is 632. The number of carbonyl (C=O) groups is 1. The van der Waals surface area contributed by atoms with E-state index in [-0.39, 0.29) is 5.91 Å². The van der Waals surface area contributed by atoms with Gasteiger partial charge in [0.2, 0.25) is 0 Å². The average Bonchev–Trinajstić information content (AvgIpc) is 3.04. The van der Waals surface area contributed by atoms with Crippen LogP contribution in [0.3, 0.4) is 0 Å². The van der Waals surface area contributed by atoms with Crippen LogP contribution in [0.1, 0.15) is 22.5 Å². The maximum atomic E-state index is 12.5. The summed E-state index contributed by atoms with van der Waals surface area (Å²) in [5.41, 5.74) is 0. The molecule has 2 aromatic rings. The minimum atomic E-state index is 0.0756. The van der Waals surface area contributed by atoms with Crippen molar-refractivity contribution in [1.82, 2.24) is 4.90 Å². The molecule has 1 amide bonds. The van der Waals surface area contributed by atoms with E-state index >= 15 is 0 Å². The number of benzene rings is 1. The molecule has 0 radical (unpaired) electrons. The zero-order valence-electron chi connectivity index (χ0n) is 10.6. The molecule has 1 saturated heterocycles. The summed E-state index contributed by atoms with van der Waals surface area (Å²) in [7, 11) is 1.60. The highest BCUT2D eigenvalue weighted by Crippen LogP contribution is 2.39. The molecule has 1 aromatic heterocycles.